The number of hydrogen-bond acceptors (Lipinski definition) is 5. The SMILES string of the molecule is COc1ccc(C(=O)COC(=O)COc2ccc(C)c(C)c2)cc1Br. The standard InChI is InChI=1S/C19H19BrO5/c1-12-4-6-15(8-13(12)2)24-11-19(22)25-10-17(21)14-5-7-18(23-3)16(20)9-14/h4-9H,10-11H2,1-3H3. The van der Waals surface area contributed by atoms with E-state index >= 15 is 0 Å². The van der Waals surface area contributed by atoms with Crippen molar-refractivity contribution in [3.8, 4) is 11.5 Å². The Morgan fingerprint density at radius 2 is 1.76 bits per heavy atom. The lowest BCUT2D eigenvalue weighted by Crippen LogP contribution is -2.19. The fraction of sp³-hybridized carbons (Fsp3) is 0.263. The Bertz CT molecular complexity index is 785. The quantitative estimate of drug-likeness (QED) is 0.515. The monoisotopic (exact) mass is 406 g/mol. The zero-order chi connectivity index (χ0) is 18.4. The average molecular weight is 407 g/mol. The number of methoxy groups -OCH3 is 1. The summed E-state index contributed by atoms with van der Waals surface area (Å²) in [5.74, 6) is 0.308. The number of hydrogen-bond donors (Lipinski definition) is 0. The fourth-order valence-electron chi connectivity index (χ4n) is 2.06. The van der Waals surface area contributed by atoms with Crippen LogP contribution in [0.25, 0.3) is 0 Å². The number of ketones is 1. The minimum Gasteiger partial charge on any atom is -0.496 e. The molecule has 2 rings (SSSR count). The highest BCUT2D eigenvalue weighted by atomic mass is 79.9. The van der Waals surface area contributed by atoms with Gasteiger partial charge in [-0.2, -0.15) is 0 Å². The molecule has 0 fully saturated rings. The second-order valence-electron chi connectivity index (χ2n) is 5.47. The third kappa shape index (κ3) is 5.32. The first-order valence-corrected chi connectivity index (χ1v) is 8.42. The van der Waals surface area contributed by atoms with E-state index in [9.17, 15) is 9.59 Å². The zero-order valence-electron chi connectivity index (χ0n) is 14.3. The van der Waals surface area contributed by atoms with Crippen molar-refractivity contribution < 1.29 is 23.8 Å². The summed E-state index contributed by atoms with van der Waals surface area (Å²) in [6.45, 7) is 3.37. The van der Waals surface area contributed by atoms with Gasteiger partial charge in [0.15, 0.2) is 19.0 Å². The first-order valence-electron chi connectivity index (χ1n) is 7.63. The maximum absolute atomic E-state index is 12.1. The molecule has 0 heterocycles. The van der Waals surface area contributed by atoms with Crippen LogP contribution in [0.4, 0.5) is 0 Å². The van der Waals surface area contributed by atoms with E-state index in [1.165, 1.54) is 0 Å². The van der Waals surface area contributed by atoms with Crippen LogP contribution in [0, 0.1) is 13.8 Å². The first-order chi connectivity index (χ1) is 11.9. The van der Waals surface area contributed by atoms with E-state index in [1.54, 1.807) is 31.4 Å². The first kappa shape index (κ1) is 19.0. The van der Waals surface area contributed by atoms with Gasteiger partial charge in [0.2, 0.25) is 0 Å². The number of benzene rings is 2. The second kappa shape index (κ2) is 8.67. The Morgan fingerprint density at radius 3 is 2.40 bits per heavy atom. The average Bonchev–Trinajstić information content (AvgIpc) is 2.60. The predicted molar refractivity (Wildman–Crippen MR) is 97.4 cm³/mol. The highest BCUT2D eigenvalue weighted by molar-refractivity contribution is 9.10. The van der Waals surface area contributed by atoms with Gasteiger partial charge in [0.25, 0.3) is 0 Å². The number of rotatable bonds is 7. The number of carbonyl (C=O) groups excluding carboxylic acids is 2. The molecular weight excluding hydrogens is 388 g/mol. The van der Waals surface area contributed by atoms with Crippen LogP contribution in [0.1, 0.15) is 21.5 Å². The van der Waals surface area contributed by atoms with E-state index in [-0.39, 0.29) is 19.0 Å². The van der Waals surface area contributed by atoms with Gasteiger partial charge in [0.05, 0.1) is 11.6 Å². The van der Waals surface area contributed by atoms with Gasteiger partial charge >= 0.3 is 5.97 Å². The fourth-order valence-corrected chi connectivity index (χ4v) is 2.60. The molecule has 25 heavy (non-hydrogen) atoms. The molecular formula is C19H19BrO5. The topological polar surface area (TPSA) is 61.8 Å². The third-order valence-electron chi connectivity index (χ3n) is 3.67. The number of Topliss-reactive ketones (excluding diaryl/α,β-unsaturated/α-hetero) is 1. The summed E-state index contributed by atoms with van der Waals surface area (Å²) in [6, 6.07) is 10.5. The van der Waals surface area contributed by atoms with Crippen LogP contribution >= 0.6 is 15.9 Å². The lowest BCUT2D eigenvalue weighted by Gasteiger charge is -2.09. The molecule has 6 heteroatoms. The van der Waals surface area contributed by atoms with Crippen molar-refractivity contribution in [2.75, 3.05) is 20.3 Å². The molecule has 0 atom stereocenters. The summed E-state index contributed by atoms with van der Waals surface area (Å²) in [6.07, 6.45) is 0. The molecule has 0 saturated heterocycles. The highest BCUT2D eigenvalue weighted by Crippen LogP contribution is 2.25. The molecule has 0 unspecified atom stereocenters. The number of halogens is 1. The van der Waals surface area contributed by atoms with Crippen molar-refractivity contribution in [1.82, 2.24) is 0 Å². The summed E-state index contributed by atoms with van der Waals surface area (Å²) in [5.41, 5.74) is 2.65. The Balaban J connectivity index is 1.83. The van der Waals surface area contributed by atoms with Gasteiger partial charge in [0.1, 0.15) is 11.5 Å². The number of carbonyl (C=O) groups is 2. The van der Waals surface area contributed by atoms with Crippen LogP contribution in [-0.2, 0) is 9.53 Å². The van der Waals surface area contributed by atoms with E-state index in [2.05, 4.69) is 15.9 Å². The lowest BCUT2D eigenvalue weighted by atomic mass is 10.1. The molecule has 2 aromatic carbocycles. The van der Waals surface area contributed by atoms with Crippen molar-refractivity contribution in [1.29, 1.82) is 0 Å². The van der Waals surface area contributed by atoms with Gasteiger partial charge in [-0.15, -0.1) is 0 Å². The van der Waals surface area contributed by atoms with Gasteiger partial charge in [-0.1, -0.05) is 6.07 Å². The second-order valence-corrected chi connectivity index (χ2v) is 6.32. The molecule has 0 amide bonds. The maximum Gasteiger partial charge on any atom is 0.344 e. The number of ether oxygens (including phenoxy) is 3. The van der Waals surface area contributed by atoms with Crippen molar-refractivity contribution in [3.05, 3.63) is 57.6 Å². The molecule has 132 valence electrons. The summed E-state index contributed by atoms with van der Waals surface area (Å²) >= 11 is 3.31. The van der Waals surface area contributed by atoms with Crippen LogP contribution < -0.4 is 9.47 Å². The van der Waals surface area contributed by atoms with E-state index < -0.39 is 5.97 Å². The van der Waals surface area contributed by atoms with Crippen molar-refractivity contribution in [2.45, 2.75) is 13.8 Å². The highest BCUT2D eigenvalue weighted by Gasteiger charge is 2.12. The van der Waals surface area contributed by atoms with E-state index in [1.807, 2.05) is 26.0 Å². The third-order valence-corrected chi connectivity index (χ3v) is 4.29. The molecule has 0 aromatic heterocycles. The summed E-state index contributed by atoms with van der Waals surface area (Å²) in [7, 11) is 1.54. The van der Waals surface area contributed by atoms with Crippen LogP contribution in [0.3, 0.4) is 0 Å². The lowest BCUT2D eigenvalue weighted by molar-refractivity contribution is -0.144. The minimum absolute atomic E-state index is 0.248. The van der Waals surface area contributed by atoms with Gasteiger partial charge in [-0.3, -0.25) is 4.79 Å². The maximum atomic E-state index is 12.1. The summed E-state index contributed by atoms with van der Waals surface area (Å²) < 4.78 is 16.1. The van der Waals surface area contributed by atoms with Crippen LogP contribution in [0.15, 0.2) is 40.9 Å². The Hall–Kier alpha value is -2.34. The molecule has 0 aliphatic carbocycles. The molecule has 0 spiro atoms. The van der Waals surface area contributed by atoms with E-state index in [0.717, 1.165) is 11.1 Å². The molecule has 0 radical (unpaired) electrons. The van der Waals surface area contributed by atoms with E-state index in [0.29, 0.717) is 21.5 Å². The molecule has 0 aliphatic rings. The normalized spacial score (nSPS) is 10.2. The van der Waals surface area contributed by atoms with Gasteiger partial charge in [-0.05, 0) is 71.2 Å². The zero-order valence-corrected chi connectivity index (χ0v) is 15.9. The molecule has 0 bridgehead atoms. The summed E-state index contributed by atoms with van der Waals surface area (Å²) in [5, 5.41) is 0. The van der Waals surface area contributed by atoms with E-state index in [4.69, 9.17) is 14.2 Å². The van der Waals surface area contributed by atoms with Gasteiger partial charge in [0, 0.05) is 5.56 Å². The van der Waals surface area contributed by atoms with Crippen LogP contribution in [0.2, 0.25) is 0 Å². The Labute approximate surface area is 155 Å². The van der Waals surface area contributed by atoms with Crippen LogP contribution in [0.5, 0.6) is 11.5 Å². The Kier molecular flexibility index (Phi) is 6.58. The molecule has 2 aromatic rings. The van der Waals surface area contributed by atoms with Crippen molar-refractivity contribution in [2.24, 2.45) is 0 Å². The van der Waals surface area contributed by atoms with Crippen molar-refractivity contribution in [3.63, 3.8) is 0 Å². The smallest absolute Gasteiger partial charge is 0.344 e. The van der Waals surface area contributed by atoms with Gasteiger partial charge < -0.3 is 14.2 Å². The number of esters is 1. The molecule has 5 nitrogen and oxygen atoms in total. The Morgan fingerprint density at radius 1 is 1.00 bits per heavy atom. The molecule has 0 aliphatic heterocycles. The number of aryl methyl sites for hydroxylation is 2. The largest absolute Gasteiger partial charge is 0.496 e. The van der Waals surface area contributed by atoms with Crippen LogP contribution in [-0.4, -0.2) is 32.1 Å². The predicted octanol–water partition coefficient (Wildman–Crippen LogP) is 3.88. The van der Waals surface area contributed by atoms with Gasteiger partial charge in [-0.25, -0.2) is 4.79 Å². The van der Waals surface area contributed by atoms with Crippen molar-refractivity contribution >= 4 is 27.7 Å². The molecule has 0 saturated carbocycles. The minimum atomic E-state index is -0.598. The molecule has 0 N–H and O–H groups in total. The summed E-state index contributed by atoms with van der Waals surface area (Å²) in [4.78, 5) is 23.8.